The first-order valence-electron chi connectivity index (χ1n) is 7.58. The minimum absolute atomic E-state index is 0.0999. The number of rotatable bonds is 6. The summed E-state index contributed by atoms with van der Waals surface area (Å²) in [4.78, 5) is 6.67. The van der Waals surface area contributed by atoms with Gasteiger partial charge in [-0.1, -0.05) is 0 Å². The van der Waals surface area contributed by atoms with Crippen LogP contribution < -0.4 is 10.1 Å². The molecule has 4 nitrogen and oxygen atoms in total. The fraction of sp³-hybridized carbons (Fsp3) is 0.688. The van der Waals surface area contributed by atoms with Crippen LogP contribution in [-0.4, -0.2) is 41.7 Å². The minimum atomic E-state index is 0.0999. The van der Waals surface area contributed by atoms with Crippen LogP contribution in [-0.2, 0) is 6.54 Å². The first-order valence-corrected chi connectivity index (χ1v) is 7.58. The van der Waals surface area contributed by atoms with Crippen LogP contribution in [0.15, 0.2) is 18.5 Å². The number of hydrogen-bond acceptors (Lipinski definition) is 4. The molecule has 2 heterocycles. The lowest BCUT2D eigenvalue weighted by Gasteiger charge is -2.22. The lowest BCUT2D eigenvalue weighted by atomic mass is 10.1. The molecule has 0 aromatic carbocycles. The molecule has 0 bridgehead atoms. The van der Waals surface area contributed by atoms with Gasteiger partial charge in [0.1, 0.15) is 12.4 Å². The van der Waals surface area contributed by atoms with Crippen molar-refractivity contribution in [1.29, 1.82) is 0 Å². The SMILES string of the molecule is CC(C)(C)NCc1cnccc1OCCN1CCCC1. The molecule has 0 saturated carbocycles. The van der Waals surface area contributed by atoms with Crippen molar-refractivity contribution in [3.05, 3.63) is 24.0 Å². The van der Waals surface area contributed by atoms with Crippen LogP contribution in [0.2, 0.25) is 0 Å². The van der Waals surface area contributed by atoms with Crippen LogP contribution in [0, 0.1) is 0 Å². The highest BCUT2D eigenvalue weighted by Crippen LogP contribution is 2.17. The van der Waals surface area contributed by atoms with Gasteiger partial charge in [-0.15, -0.1) is 0 Å². The van der Waals surface area contributed by atoms with E-state index in [1.54, 1.807) is 6.20 Å². The first kappa shape index (κ1) is 15.3. The lowest BCUT2D eigenvalue weighted by molar-refractivity contribution is 0.235. The van der Waals surface area contributed by atoms with Crippen molar-refractivity contribution in [2.45, 2.75) is 45.7 Å². The summed E-state index contributed by atoms with van der Waals surface area (Å²) in [6.45, 7) is 11.5. The van der Waals surface area contributed by atoms with Gasteiger partial charge in [0.05, 0.1) is 0 Å². The number of likely N-dealkylation sites (tertiary alicyclic amines) is 1. The topological polar surface area (TPSA) is 37.4 Å². The Kier molecular flexibility index (Phi) is 5.38. The van der Waals surface area contributed by atoms with Crippen molar-refractivity contribution in [3.8, 4) is 5.75 Å². The van der Waals surface area contributed by atoms with E-state index in [-0.39, 0.29) is 5.54 Å². The first-order chi connectivity index (χ1) is 9.54. The van der Waals surface area contributed by atoms with Crippen LogP contribution in [0.1, 0.15) is 39.2 Å². The summed E-state index contributed by atoms with van der Waals surface area (Å²) in [7, 11) is 0. The Hall–Kier alpha value is -1.13. The van der Waals surface area contributed by atoms with Crippen LogP contribution in [0.4, 0.5) is 0 Å². The van der Waals surface area contributed by atoms with Crippen LogP contribution in [0.25, 0.3) is 0 Å². The fourth-order valence-electron chi connectivity index (χ4n) is 2.34. The van der Waals surface area contributed by atoms with Gasteiger partial charge in [-0.2, -0.15) is 0 Å². The van der Waals surface area contributed by atoms with Crippen molar-refractivity contribution >= 4 is 0 Å². The highest BCUT2D eigenvalue weighted by molar-refractivity contribution is 5.30. The molecule has 4 heteroatoms. The van der Waals surface area contributed by atoms with Gasteiger partial charge in [0.2, 0.25) is 0 Å². The molecule has 0 unspecified atom stereocenters. The summed E-state index contributed by atoms with van der Waals surface area (Å²) in [5.74, 6) is 0.955. The maximum Gasteiger partial charge on any atom is 0.126 e. The Morgan fingerprint density at radius 2 is 2.05 bits per heavy atom. The standard InChI is InChI=1S/C16H27N3O/c1-16(2,3)18-13-14-12-17-7-6-15(14)20-11-10-19-8-4-5-9-19/h6-7,12,18H,4-5,8-11,13H2,1-3H3. The van der Waals surface area contributed by atoms with Gasteiger partial charge in [-0.05, 0) is 52.8 Å². The molecule has 1 aliphatic heterocycles. The predicted octanol–water partition coefficient (Wildman–Crippen LogP) is 2.44. The van der Waals surface area contributed by atoms with Crippen molar-refractivity contribution in [2.75, 3.05) is 26.2 Å². The minimum Gasteiger partial charge on any atom is -0.492 e. The van der Waals surface area contributed by atoms with Crippen LogP contribution >= 0.6 is 0 Å². The summed E-state index contributed by atoms with van der Waals surface area (Å²) < 4.78 is 5.94. The molecule has 0 radical (unpaired) electrons. The zero-order valence-electron chi connectivity index (χ0n) is 13.0. The van der Waals surface area contributed by atoms with Crippen LogP contribution in [0.5, 0.6) is 5.75 Å². The molecule has 1 fully saturated rings. The Morgan fingerprint density at radius 3 is 2.75 bits per heavy atom. The quantitative estimate of drug-likeness (QED) is 0.866. The number of nitrogens with zero attached hydrogens (tertiary/aromatic N) is 2. The summed E-state index contributed by atoms with van der Waals surface area (Å²) in [5, 5.41) is 3.48. The molecule has 0 spiro atoms. The molecule has 1 aliphatic rings. The van der Waals surface area contributed by atoms with E-state index in [1.807, 2.05) is 12.3 Å². The molecule has 20 heavy (non-hydrogen) atoms. The highest BCUT2D eigenvalue weighted by Gasteiger charge is 2.13. The fourth-order valence-corrected chi connectivity index (χ4v) is 2.34. The second-order valence-corrected chi connectivity index (χ2v) is 6.48. The zero-order valence-corrected chi connectivity index (χ0v) is 13.0. The van der Waals surface area contributed by atoms with E-state index < -0.39 is 0 Å². The summed E-state index contributed by atoms with van der Waals surface area (Å²) >= 11 is 0. The maximum absolute atomic E-state index is 5.94. The summed E-state index contributed by atoms with van der Waals surface area (Å²) in [6.07, 6.45) is 6.35. The molecule has 1 aromatic heterocycles. The second-order valence-electron chi connectivity index (χ2n) is 6.48. The molecule has 1 N–H and O–H groups in total. The van der Waals surface area contributed by atoms with Crippen molar-refractivity contribution in [3.63, 3.8) is 0 Å². The Bertz CT molecular complexity index is 408. The normalized spacial score (nSPS) is 16.6. The van der Waals surface area contributed by atoms with Gasteiger partial charge < -0.3 is 10.1 Å². The largest absolute Gasteiger partial charge is 0.492 e. The predicted molar refractivity (Wildman–Crippen MR) is 82.0 cm³/mol. The Morgan fingerprint density at radius 1 is 1.30 bits per heavy atom. The average Bonchev–Trinajstić information content (AvgIpc) is 2.90. The van der Waals surface area contributed by atoms with Crippen molar-refractivity contribution in [1.82, 2.24) is 15.2 Å². The zero-order chi connectivity index (χ0) is 14.4. The number of ether oxygens (including phenoxy) is 1. The van der Waals surface area contributed by atoms with Gasteiger partial charge in [-0.3, -0.25) is 9.88 Å². The Balaban J connectivity index is 1.83. The van der Waals surface area contributed by atoms with E-state index in [4.69, 9.17) is 4.74 Å². The molecule has 1 aromatic rings. The van der Waals surface area contributed by atoms with E-state index in [0.29, 0.717) is 0 Å². The molecule has 2 rings (SSSR count). The van der Waals surface area contributed by atoms with E-state index in [1.165, 1.54) is 25.9 Å². The van der Waals surface area contributed by atoms with Gasteiger partial charge in [0.25, 0.3) is 0 Å². The van der Waals surface area contributed by atoms with E-state index in [2.05, 4.69) is 36.0 Å². The average molecular weight is 277 g/mol. The number of hydrogen-bond donors (Lipinski definition) is 1. The third-order valence-corrected chi connectivity index (χ3v) is 3.53. The van der Waals surface area contributed by atoms with Crippen molar-refractivity contribution < 1.29 is 4.74 Å². The van der Waals surface area contributed by atoms with Crippen molar-refractivity contribution in [2.24, 2.45) is 0 Å². The molecule has 0 atom stereocenters. The third kappa shape index (κ3) is 5.10. The molecule has 112 valence electrons. The summed E-state index contributed by atoms with van der Waals surface area (Å²) in [6, 6.07) is 1.96. The lowest BCUT2D eigenvalue weighted by Crippen LogP contribution is -2.35. The van der Waals surface area contributed by atoms with E-state index in [0.717, 1.165) is 31.0 Å². The molecular weight excluding hydrogens is 250 g/mol. The third-order valence-electron chi connectivity index (χ3n) is 3.53. The van der Waals surface area contributed by atoms with Crippen LogP contribution in [0.3, 0.4) is 0 Å². The number of aromatic nitrogens is 1. The van der Waals surface area contributed by atoms with Gasteiger partial charge in [0, 0.05) is 36.6 Å². The van der Waals surface area contributed by atoms with Gasteiger partial charge in [0.15, 0.2) is 0 Å². The number of pyridine rings is 1. The monoisotopic (exact) mass is 277 g/mol. The molecular formula is C16H27N3O. The van der Waals surface area contributed by atoms with E-state index in [9.17, 15) is 0 Å². The second kappa shape index (κ2) is 7.04. The van der Waals surface area contributed by atoms with Gasteiger partial charge in [-0.25, -0.2) is 0 Å². The number of nitrogens with one attached hydrogen (secondary N) is 1. The van der Waals surface area contributed by atoms with E-state index >= 15 is 0 Å². The smallest absolute Gasteiger partial charge is 0.126 e. The maximum atomic E-state index is 5.94. The molecule has 0 aliphatic carbocycles. The van der Waals surface area contributed by atoms with Gasteiger partial charge >= 0.3 is 0 Å². The summed E-state index contributed by atoms with van der Waals surface area (Å²) in [5.41, 5.74) is 1.23. The molecule has 0 amide bonds. The Labute approximate surface area is 122 Å². The highest BCUT2D eigenvalue weighted by atomic mass is 16.5. The molecule has 1 saturated heterocycles.